The van der Waals surface area contributed by atoms with Crippen LogP contribution in [0.2, 0.25) is 0 Å². The molecule has 0 spiro atoms. The maximum Gasteiger partial charge on any atom is 0.342 e. The van der Waals surface area contributed by atoms with E-state index in [1.54, 1.807) is 0 Å². The number of hydrogen-bond acceptors (Lipinski definition) is 2. The summed E-state index contributed by atoms with van der Waals surface area (Å²) in [5, 5.41) is 16.8. The molecule has 0 aromatic carbocycles. The molecule has 0 aromatic heterocycles. The molecule has 7 heteroatoms. The molecule has 2 N–H and O–H groups in total. The summed E-state index contributed by atoms with van der Waals surface area (Å²) in [4.78, 5) is 20.6. The van der Waals surface area contributed by atoms with E-state index >= 15 is 0 Å². The number of halogens is 3. The highest BCUT2D eigenvalue weighted by molar-refractivity contribution is 9.39. The van der Waals surface area contributed by atoms with Gasteiger partial charge in [0, 0.05) is 0 Å². The fourth-order valence-corrected chi connectivity index (χ4v) is 1.07. The molecule has 0 rings (SSSR count). The highest BCUT2D eigenvalue weighted by Crippen LogP contribution is 2.35. The maximum atomic E-state index is 10.3. The molecule has 0 atom stereocenters. The Balaban J connectivity index is 4.88. The number of rotatable bonds is 2. The van der Waals surface area contributed by atoms with Gasteiger partial charge in [-0.25, -0.2) is 9.59 Å². The molecular formula is C5H3Br3O4. The van der Waals surface area contributed by atoms with E-state index in [0.29, 0.717) is 0 Å². The van der Waals surface area contributed by atoms with E-state index in [2.05, 4.69) is 47.8 Å². The third-order valence-corrected chi connectivity index (χ3v) is 1.46. The van der Waals surface area contributed by atoms with Crippen LogP contribution in [0.1, 0.15) is 0 Å². The van der Waals surface area contributed by atoms with Gasteiger partial charge in [0.1, 0.15) is 5.57 Å². The average molecular weight is 367 g/mol. The summed E-state index contributed by atoms with van der Waals surface area (Å²) in [6, 6.07) is 0. The van der Waals surface area contributed by atoms with Crippen molar-refractivity contribution in [3.63, 3.8) is 0 Å². The van der Waals surface area contributed by atoms with Crippen LogP contribution in [0.25, 0.3) is 0 Å². The predicted molar refractivity (Wildman–Crippen MR) is 52.9 cm³/mol. The Bertz CT molecular complexity index is 224. The molecule has 0 bridgehead atoms. The van der Waals surface area contributed by atoms with E-state index in [9.17, 15) is 9.59 Å². The number of carboxylic acid groups (broad SMARTS) is 2. The summed E-state index contributed by atoms with van der Waals surface area (Å²) < 4.78 is -1.00. The van der Waals surface area contributed by atoms with Gasteiger partial charge in [-0.15, -0.1) is 0 Å². The van der Waals surface area contributed by atoms with Crippen molar-refractivity contribution >= 4 is 59.7 Å². The Morgan fingerprint density at radius 2 is 1.42 bits per heavy atom. The smallest absolute Gasteiger partial charge is 0.342 e. The highest BCUT2D eigenvalue weighted by Gasteiger charge is 2.23. The molecule has 68 valence electrons. The SMILES string of the molecule is O=C(O)C(=CC(Br)(Br)Br)C(=O)O. The lowest BCUT2D eigenvalue weighted by molar-refractivity contribution is -0.140. The zero-order chi connectivity index (χ0) is 9.94. The van der Waals surface area contributed by atoms with Crippen LogP contribution in [-0.4, -0.2) is 24.3 Å². The normalized spacial score (nSPS) is 10.6. The molecule has 0 aliphatic rings. The van der Waals surface area contributed by atoms with Crippen LogP contribution in [-0.2, 0) is 9.59 Å². The van der Waals surface area contributed by atoms with Gasteiger partial charge in [0.25, 0.3) is 0 Å². The summed E-state index contributed by atoms with van der Waals surface area (Å²) in [7, 11) is 0. The van der Waals surface area contributed by atoms with Crippen molar-refractivity contribution in [3.05, 3.63) is 11.6 Å². The molecule has 0 saturated carbocycles. The predicted octanol–water partition coefficient (Wildman–Crippen LogP) is 1.92. The first-order chi connectivity index (χ1) is 5.24. The molecule has 0 aliphatic heterocycles. The molecule has 0 aromatic rings. The molecule has 0 radical (unpaired) electrons. The van der Waals surface area contributed by atoms with Crippen molar-refractivity contribution in [1.29, 1.82) is 0 Å². The number of allylic oxidation sites excluding steroid dienone is 1. The van der Waals surface area contributed by atoms with E-state index in [1.165, 1.54) is 0 Å². The Morgan fingerprint density at radius 3 is 1.50 bits per heavy atom. The topological polar surface area (TPSA) is 74.6 Å². The largest absolute Gasteiger partial charge is 0.477 e. The van der Waals surface area contributed by atoms with Crippen LogP contribution in [0.3, 0.4) is 0 Å². The summed E-state index contributed by atoms with van der Waals surface area (Å²) >= 11 is 8.84. The van der Waals surface area contributed by atoms with Crippen molar-refractivity contribution in [1.82, 2.24) is 0 Å². The number of carbonyl (C=O) groups is 2. The second-order valence-corrected chi connectivity index (χ2v) is 8.65. The summed E-state index contributed by atoms with van der Waals surface area (Å²) in [5.41, 5.74) is -0.722. The van der Waals surface area contributed by atoms with Crippen molar-refractivity contribution in [2.24, 2.45) is 0 Å². The number of alkyl halides is 3. The Kier molecular flexibility index (Phi) is 4.43. The fraction of sp³-hybridized carbons (Fsp3) is 0.200. The molecule has 0 amide bonds. The molecular weight excluding hydrogens is 364 g/mol. The Labute approximate surface area is 93.0 Å². The summed E-state index contributed by atoms with van der Waals surface area (Å²) in [5.74, 6) is -2.99. The van der Waals surface area contributed by atoms with Gasteiger partial charge in [-0.05, 0) is 6.08 Å². The maximum absolute atomic E-state index is 10.3. The average Bonchev–Trinajstić information content (AvgIpc) is 1.79. The van der Waals surface area contributed by atoms with E-state index in [-0.39, 0.29) is 0 Å². The van der Waals surface area contributed by atoms with Crippen LogP contribution in [0, 0.1) is 0 Å². The quantitative estimate of drug-likeness (QED) is 0.339. The monoisotopic (exact) mass is 364 g/mol. The first-order valence-electron chi connectivity index (χ1n) is 2.50. The van der Waals surface area contributed by atoms with E-state index in [4.69, 9.17) is 10.2 Å². The number of carboxylic acids is 2. The minimum absolute atomic E-state index is 0.722. The molecule has 0 heterocycles. The highest BCUT2D eigenvalue weighted by atomic mass is 80.0. The van der Waals surface area contributed by atoms with Gasteiger partial charge >= 0.3 is 11.9 Å². The van der Waals surface area contributed by atoms with Crippen molar-refractivity contribution < 1.29 is 19.8 Å². The molecule has 12 heavy (non-hydrogen) atoms. The van der Waals surface area contributed by atoms with Gasteiger partial charge < -0.3 is 10.2 Å². The van der Waals surface area contributed by atoms with Gasteiger partial charge in [0.2, 0.25) is 0 Å². The van der Waals surface area contributed by atoms with Crippen molar-refractivity contribution in [3.8, 4) is 0 Å². The van der Waals surface area contributed by atoms with Crippen LogP contribution in [0.5, 0.6) is 0 Å². The number of aliphatic carboxylic acids is 2. The number of hydrogen-bond donors (Lipinski definition) is 2. The lowest BCUT2D eigenvalue weighted by Crippen LogP contribution is -2.14. The summed E-state index contributed by atoms with van der Waals surface area (Å²) in [6.45, 7) is 0. The van der Waals surface area contributed by atoms with Crippen molar-refractivity contribution in [2.75, 3.05) is 0 Å². The van der Waals surface area contributed by atoms with Gasteiger partial charge in [-0.1, -0.05) is 47.8 Å². The molecule has 4 nitrogen and oxygen atoms in total. The van der Waals surface area contributed by atoms with Crippen LogP contribution >= 0.6 is 47.8 Å². The second-order valence-electron chi connectivity index (χ2n) is 1.71. The first-order valence-corrected chi connectivity index (χ1v) is 4.88. The molecule has 0 fully saturated rings. The van der Waals surface area contributed by atoms with Gasteiger partial charge in [-0.3, -0.25) is 0 Å². The lowest BCUT2D eigenvalue weighted by atomic mass is 10.3. The van der Waals surface area contributed by atoms with Crippen molar-refractivity contribution in [2.45, 2.75) is 2.14 Å². The van der Waals surface area contributed by atoms with Gasteiger partial charge in [0.05, 0.1) is 0 Å². The summed E-state index contributed by atoms with van der Waals surface area (Å²) in [6.07, 6.45) is 0.970. The Hall–Kier alpha value is 0.120. The van der Waals surface area contributed by atoms with E-state index in [0.717, 1.165) is 6.08 Å². The van der Waals surface area contributed by atoms with E-state index < -0.39 is 19.7 Å². The minimum atomic E-state index is -1.50. The molecule has 0 unspecified atom stereocenters. The second kappa shape index (κ2) is 4.38. The Morgan fingerprint density at radius 1 is 1.08 bits per heavy atom. The lowest BCUT2D eigenvalue weighted by Gasteiger charge is -2.05. The third kappa shape index (κ3) is 4.89. The fourth-order valence-electron chi connectivity index (χ4n) is 0.379. The molecule has 0 aliphatic carbocycles. The van der Waals surface area contributed by atoms with Gasteiger partial charge in [-0.2, -0.15) is 0 Å². The van der Waals surface area contributed by atoms with Crippen LogP contribution in [0.15, 0.2) is 11.6 Å². The minimum Gasteiger partial charge on any atom is -0.477 e. The molecule has 0 saturated heterocycles. The van der Waals surface area contributed by atoms with E-state index in [1.807, 2.05) is 0 Å². The van der Waals surface area contributed by atoms with Gasteiger partial charge in [0.15, 0.2) is 2.14 Å². The third-order valence-electron chi connectivity index (χ3n) is 0.769. The van der Waals surface area contributed by atoms with Crippen LogP contribution in [0.4, 0.5) is 0 Å². The zero-order valence-corrected chi connectivity index (χ0v) is 10.2. The standard InChI is InChI=1S/C5H3Br3O4/c6-5(7,8)1-2(3(9)10)4(11)12/h1H,(H,9,10)(H,11,12). The first kappa shape index (κ1) is 12.1. The zero-order valence-electron chi connectivity index (χ0n) is 5.42. The van der Waals surface area contributed by atoms with Crippen LogP contribution < -0.4 is 0 Å².